The van der Waals surface area contributed by atoms with Crippen molar-refractivity contribution in [2.24, 2.45) is 0 Å². The molecule has 2 aromatic rings. The molecule has 0 spiro atoms. The Bertz CT molecular complexity index is 574. The number of methoxy groups -OCH3 is 2. The Hall–Kier alpha value is -1.82. The van der Waals surface area contributed by atoms with Crippen molar-refractivity contribution in [3.63, 3.8) is 0 Å². The molecule has 0 aliphatic rings. The lowest BCUT2D eigenvalue weighted by Crippen LogP contribution is -2.63. The van der Waals surface area contributed by atoms with E-state index in [1.54, 1.807) is 14.2 Å². The van der Waals surface area contributed by atoms with Crippen molar-refractivity contribution in [2.45, 2.75) is 13.8 Å². The number of hydrogen-bond acceptors (Lipinski definition) is 4. The number of rotatable bonds is 8. The molecule has 0 aliphatic heterocycles. The molecule has 0 atom stereocenters. The van der Waals surface area contributed by atoms with Crippen LogP contribution in [0.4, 0.5) is 0 Å². The van der Waals surface area contributed by atoms with E-state index in [4.69, 9.17) is 18.3 Å². The fourth-order valence-electron chi connectivity index (χ4n) is 2.60. The topological polar surface area (TPSA) is 36.9 Å². The summed E-state index contributed by atoms with van der Waals surface area (Å²) >= 11 is 0. The third kappa shape index (κ3) is 3.75. The summed E-state index contributed by atoms with van der Waals surface area (Å²) in [6.07, 6.45) is 0. The molecule has 0 bridgehead atoms. The maximum atomic E-state index is 6.25. The zero-order chi connectivity index (χ0) is 16.7. The van der Waals surface area contributed by atoms with E-state index in [0.29, 0.717) is 13.2 Å². The Kier molecular flexibility index (Phi) is 6.21. The fourth-order valence-corrected chi connectivity index (χ4v) is 5.80. The van der Waals surface area contributed by atoms with Crippen molar-refractivity contribution in [3.8, 4) is 11.5 Å². The minimum absolute atomic E-state index is 0.570. The second-order valence-electron chi connectivity index (χ2n) is 4.95. The number of benzene rings is 2. The average Bonchev–Trinajstić information content (AvgIpc) is 2.61. The quantitative estimate of drug-likeness (QED) is 0.695. The molecular formula is C18H24O4Si. The first-order valence-electron chi connectivity index (χ1n) is 7.77. The molecule has 0 saturated carbocycles. The third-order valence-corrected chi connectivity index (χ3v) is 7.13. The van der Waals surface area contributed by atoms with Crippen LogP contribution in [-0.4, -0.2) is 36.0 Å². The van der Waals surface area contributed by atoms with Gasteiger partial charge < -0.3 is 18.3 Å². The first-order chi connectivity index (χ1) is 11.2. The van der Waals surface area contributed by atoms with E-state index >= 15 is 0 Å². The molecule has 0 radical (unpaired) electrons. The predicted molar refractivity (Wildman–Crippen MR) is 94.3 cm³/mol. The van der Waals surface area contributed by atoms with Crippen LogP contribution in [0.25, 0.3) is 0 Å². The monoisotopic (exact) mass is 332 g/mol. The van der Waals surface area contributed by atoms with Crippen LogP contribution in [0.15, 0.2) is 48.5 Å². The summed E-state index contributed by atoms with van der Waals surface area (Å²) in [5.41, 5.74) is 0. The summed E-state index contributed by atoms with van der Waals surface area (Å²) in [4.78, 5) is 0. The Morgan fingerprint density at radius 1 is 0.739 bits per heavy atom. The maximum Gasteiger partial charge on any atom is 0.407 e. The molecule has 5 heteroatoms. The largest absolute Gasteiger partial charge is 0.497 e. The Balaban J connectivity index is 2.62. The van der Waals surface area contributed by atoms with E-state index in [2.05, 4.69) is 0 Å². The average molecular weight is 332 g/mol. The Morgan fingerprint density at radius 2 is 1.17 bits per heavy atom. The van der Waals surface area contributed by atoms with Crippen molar-refractivity contribution in [1.29, 1.82) is 0 Å². The first kappa shape index (κ1) is 17.5. The lowest BCUT2D eigenvalue weighted by molar-refractivity contribution is 0.208. The van der Waals surface area contributed by atoms with Gasteiger partial charge in [-0.05, 0) is 38.1 Å². The Morgan fingerprint density at radius 3 is 1.52 bits per heavy atom. The highest BCUT2D eigenvalue weighted by Gasteiger charge is 2.42. The van der Waals surface area contributed by atoms with Gasteiger partial charge in [0.2, 0.25) is 0 Å². The van der Waals surface area contributed by atoms with Crippen LogP contribution in [0.3, 0.4) is 0 Å². The van der Waals surface area contributed by atoms with Crippen molar-refractivity contribution >= 4 is 18.9 Å². The fraction of sp³-hybridized carbons (Fsp3) is 0.333. The number of hydrogen-bond donors (Lipinski definition) is 0. The lowest BCUT2D eigenvalue weighted by Gasteiger charge is -2.31. The van der Waals surface area contributed by atoms with E-state index < -0.39 is 8.56 Å². The van der Waals surface area contributed by atoms with Crippen LogP contribution in [0.5, 0.6) is 11.5 Å². The van der Waals surface area contributed by atoms with Gasteiger partial charge in [-0.15, -0.1) is 0 Å². The summed E-state index contributed by atoms with van der Waals surface area (Å²) in [6, 6.07) is 15.9. The van der Waals surface area contributed by atoms with E-state index in [1.807, 2.05) is 62.4 Å². The zero-order valence-corrected chi connectivity index (χ0v) is 15.2. The molecule has 0 fully saturated rings. The molecule has 0 unspecified atom stereocenters. The van der Waals surface area contributed by atoms with Gasteiger partial charge in [0, 0.05) is 23.6 Å². The summed E-state index contributed by atoms with van der Waals surface area (Å²) in [5, 5.41) is 2.04. The normalized spacial score (nSPS) is 11.3. The molecule has 2 rings (SSSR count). The second kappa shape index (κ2) is 8.15. The first-order valence-corrected chi connectivity index (χ1v) is 9.58. The molecule has 0 saturated heterocycles. The van der Waals surface area contributed by atoms with Gasteiger partial charge in [-0.2, -0.15) is 0 Å². The van der Waals surface area contributed by atoms with Crippen molar-refractivity contribution in [1.82, 2.24) is 0 Å². The van der Waals surface area contributed by atoms with Crippen molar-refractivity contribution in [3.05, 3.63) is 48.5 Å². The highest BCUT2D eigenvalue weighted by atomic mass is 28.4. The summed E-state index contributed by atoms with van der Waals surface area (Å²) in [6.45, 7) is 5.11. The second-order valence-corrected chi connectivity index (χ2v) is 7.91. The van der Waals surface area contributed by atoms with Gasteiger partial charge >= 0.3 is 8.56 Å². The smallest absolute Gasteiger partial charge is 0.407 e. The van der Waals surface area contributed by atoms with Crippen LogP contribution in [0, 0.1) is 0 Å². The molecule has 0 aromatic heterocycles. The summed E-state index contributed by atoms with van der Waals surface area (Å²) in [5.74, 6) is 1.59. The molecule has 23 heavy (non-hydrogen) atoms. The third-order valence-electron chi connectivity index (χ3n) is 3.59. The van der Waals surface area contributed by atoms with Crippen LogP contribution in [-0.2, 0) is 8.85 Å². The highest BCUT2D eigenvalue weighted by molar-refractivity contribution is 6.92. The molecule has 2 aromatic carbocycles. The van der Waals surface area contributed by atoms with E-state index in [9.17, 15) is 0 Å². The Labute approximate surface area is 139 Å². The summed E-state index contributed by atoms with van der Waals surface area (Å²) in [7, 11) is 0.521. The molecule has 0 aliphatic carbocycles. The van der Waals surface area contributed by atoms with Gasteiger partial charge in [-0.3, -0.25) is 0 Å². The van der Waals surface area contributed by atoms with Gasteiger partial charge in [-0.25, -0.2) is 0 Å². The van der Waals surface area contributed by atoms with Gasteiger partial charge in [0.1, 0.15) is 11.5 Å². The minimum atomic E-state index is -2.80. The van der Waals surface area contributed by atoms with Gasteiger partial charge in [-0.1, -0.05) is 24.3 Å². The molecule has 0 heterocycles. The SMILES string of the molecule is CCO[Si](OCC)(c1cccc(OC)c1)c1cccc(OC)c1. The molecule has 124 valence electrons. The molecule has 4 nitrogen and oxygen atoms in total. The maximum absolute atomic E-state index is 6.25. The standard InChI is InChI=1S/C18H24O4Si/c1-5-21-23(22-6-2,17-11-7-9-15(13-17)19-3)18-12-8-10-16(14-18)20-4/h7-14H,5-6H2,1-4H3. The molecule has 0 amide bonds. The predicted octanol–water partition coefficient (Wildman–Crippen LogP) is 2.33. The molecular weight excluding hydrogens is 308 g/mol. The van der Waals surface area contributed by atoms with Crippen molar-refractivity contribution in [2.75, 3.05) is 27.4 Å². The van der Waals surface area contributed by atoms with Gasteiger partial charge in [0.25, 0.3) is 0 Å². The lowest BCUT2D eigenvalue weighted by atomic mass is 10.3. The summed E-state index contributed by atoms with van der Waals surface area (Å²) < 4.78 is 23.2. The van der Waals surface area contributed by atoms with Gasteiger partial charge in [0.05, 0.1) is 14.2 Å². The zero-order valence-electron chi connectivity index (χ0n) is 14.2. The van der Waals surface area contributed by atoms with Crippen LogP contribution in [0.2, 0.25) is 0 Å². The number of ether oxygens (including phenoxy) is 2. The van der Waals surface area contributed by atoms with E-state index in [-0.39, 0.29) is 0 Å². The molecule has 0 N–H and O–H groups in total. The van der Waals surface area contributed by atoms with Crippen LogP contribution < -0.4 is 19.8 Å². The van der Waals surface area contributed by atoms with Gasteiger partial charge in [0.15, 0.2) is 0 Å². The minimum Gasteiger partial charge on any atom is -0.497 e. The van der Waals surface area contributed by atoms with Crippen LogP contribution in [0.1, 0.15) is 13.8 Å². The van der Waals surface area contributed by atoms with Crippen molar-refractivity contribution < 1.29 is 18.3 Å². The van der Waals surface area contributed by atoms with E-state index in [0.717, 1.165) is 21.9 Å². The van der Waals surface area contributed by atoms with Crippen LogP contribution >= 0.6 is 0 Å². The van der Waals surface area contributed by atoms with E-state index in [1.165, 1.54) is 0 Å². The highest BCUT2D eigenvalue weighted by Crippen LogP contribution is 2.17.